The van der Waals surface area contributed by atoms with Crippen LogP contribution in [0.5, 0.6) is 0 Å². The Morgan fingerprint density at radius 1 is 1.30 bits per heavy atom. The average molecular weight is 273 g/mol. The lowest BCUT2D eigenvalue weighted by Gasteiger charge is -2.13. The molecule has 0 spiro atoms. The molecule has 1 rings (SSSR count). The van der Waals surface area contributed by atoms with E-state index in [2.05, 4.69) is 17.2 Å². The van der Waals surface area contributed by atoms with Crippen molar-refractivity contribution >= 4 is 11.9 Å². The Bertz CT molecular complexity index is 523. The van der Waals surface area contributed by atoms with Gasteiger partial charge in [0, 0.05) is 18.9 Å². The summed E-state index contributed by atoms with van der Waals surface area (Å²) >= 11 is 0. The van der Waals surface area contributed by atoms with E-state index < -0.39 is 12.0 Å². The van der Waals surface area contributed by atoms with Gasteiger partial charge in [0.1, 0.15) is 6.04 Å². The van der Waals surface area contributed by atoms with Gasteiger partial charge in [-0.2, -0.15) is 0 Å². The highest BCUT2D eigenvalue weighted by Crippen LogP contribution is 2.02. The molecule has 0 saturated carbocycles. The van der Waals surface area contributed by atoms with Gasteiger partial charge in [0.05, 0.1) is 6.61 Å². The van der Waals surface area contributed by atoms with Gasteiger partial charge < -0.3 is 10.1 Å². The highest BCUT2D eigenvalue weighted by molar-refractivity contribution is 5.83. The van der Waals surface area contributed by atoms with Crippen LogP contribution in [-0.4, -0.2) is 24.5 Å². The molecule has 106 valence electrons. The molecule has 1 amide bonds. The van der Waals surface area contributed by atoms with Crippen LogP contribution < -0.4 is 5.32 Å². The molecule has 4 heteroatoms. The molecule has 0 bridgehead atoms. The van der Waals surface area contributed by atoms with Crippen molar-refractivity contribution in [2.75, 3.05) is 6.61 Å². The lowest BCUT2D eigenvalue weighted by Crippen LogP contribution is -2.40. The molecule has 0 aliphatic rings. The first-order chi connectivity index (χ1) is 9.52. The fourth-order valence-electron chi connectivity index (χ4n) is 1.57. The third-order valence-corrected chi connectivity index (χ3v) is 2.54. The van der Waals surface area contributed by atoms with E-state index in [9.17, 15) is 9.59 Å². The Morgan fingerprint density at radius 2 is 1.95 bits per heavy atom. The predicted octanol–water partition coefficient (Wildman–Crippen LogP) is 1.80. The second-order valence-corrected chi connectivity index (χ2v) is 4.38. The van der Waals surface area contributed by atoms with E-state index in [0.717, 1.165) is 11.1 Å². The number of esters is 1. The van der Waals surface area contributed by atoms with Gasteiger partial charge in [-0.05, 0) is 26.0 Å². The summed E-state index contributed by atoms with van der Waals surface area (Å²) in [6, 6.07) is 7.06. The zero-order chi connectivity index (χ0) is 15.0. The van der Waals surface area contributed by atoms with Crippen LogP contribution in [-0.2, 0) is 14.3 Å². The maximum atomic E-state index is 11.7. The number of carbonyl (C=O) groups is 2. The molecule has 20 heavy (non-hydrogen) atoms. The monoisotopic (exact) mass is 273 g/mol. The second-order valence-electron chi connectivity index (χ2n) is 4.38. The second kappa shape index (κ2) is 8.00. The topological polar surface area (TPSA) is 55.4 Å². The van der Waals surface area contributed by atoms with Crippen LogP contribution in [0.4, 0.5) is 0 Å². The Morgan fingerprint density at radius 3 is 2.50 bits per heavy atom. The molecule has 0 aliphatic heterocycles. The highest BCUT2D eigenvalue weighted by Gasteiger charge is 2.19. The predicted molar refractivity (Wildman–Crippen MR) is 76.9 cm³/mol. The van der Waals surface area contributed by atoms with Gasteiger partial charge in [-0.25, -0.2) is 4.79 Å². The Hall–Kier alpha value is -2.28. The van der Waals surface area contributed by atoms with Crippen LogP contribution in [0.15, 0.2) is 24.3 Å². The Balaban J connectivity index is 2.68. The normalized spacial score (nSPS) is 10.9. The molecule has 1 aromatic carbocycles. The molecular formula is C16H19NO3. The van der Waals surface area contributed by atoms with E-state index in [1.807, 2.05) is 31.2 Å². The molecule has 1 aromatic rings. The first kappa shape index (κ1) is 15.8. The van der Waals surface area contributed by atoms with Crippen LogP contribution in [0.1, 0.15) is 31.4 Å². The van der Waals surface area contributed by atoms with Crippen LogP contribution in [0.25, 0.3) is 0 Å². The fourth-order valence-corrected chi connectivity index (χ4v) is 1.57. The van der Waals surface area contributed by atoms with Crippen molar-refractivity contribution in [3.8, 4) is 11.8 Å². The number of hydrogen-bond donors (Lipinski definition) is 1. The van der Waals surface area contributed by atoms with Crippen molar-refractivity contribution in [3.05, 3.63) is 35.4 Å². The van der Waals surface area contributed by atoms with Crippen molar-refractivity contribution in [3.63, 3.8) is 0 Å². The zero-order valence-corrected chi connectivity index (χ0v) is 12.0. The number of benzene rings is 1. The Kier molecular flexibility index (Phi) is 6.31. The number of hydrogen-bond acceptors (Lipinski definition) is 3. The zero-order valence-electron chi connectivity index (χ0n) is 12.0. The van der Waals surface area contributed by atoms with E-state index in [1.54, 1.807) is 6.92 Å². The summed E-state index contributed by atoms with van der Waals surface area (Å²) in [5.74, 6) is 5.13. The number of carbonyl (C=O) groups excluding carboxylic acids is 2. The van der Waals surface area contributed by atoms with Gasteiger partial charge >= 0.3 is 5.97 Å². The summed E-state index contributed by atoms with van der Waals surface area (Å²) in [6.45, 7) is 5.37. The van der Waals surface area contributed by atoms with Crippen molar-refractivity contribution in [1.82, 2.24) is 5.32 Å². The summed E-state index contributed by atoms with van der Waals surface area (Å²) in [7, 11) is 0. The fraction of sp³-hybridized carbons (Fsp3) is 0.375. The summed E-state index contributed by atoms with van der Waals surface area (Å²) in [6.07, 6.45) is 0.228. The number of aryl methyl sites for hydroxylation is 1. The molecule has 4 nitrogen and oxygen atoms in total. The molecule has 0 radical (unpaired) electrons. The highest BCUT2D eigenvalue weighted by atomic mass is 16.5. The molecule has 0 aliphatic carbocycles. The molecule has 0 unspecified atom stereocenters. The number of amides is 1. The maximum absolute atomic E-state index is 11.7. The van der Waals surface area contributed by atoms with Crippen molar-refractivity contribution < 1.29 is 14.3 Å². The number of nitrogens with one attached hydrogen (secondary N) is 1. The first-order valence-electron chi connectivity index (χ1n) is 6.52. The van der Waals surface area contributed by atoms with Crippen molar-refractivity contribution in [2.24, 2.45) is 0 Å². The van der Waals surface area contributed by atoms with E-state index >= 15 is 0 Å². The molecule has 0 aromatic heterocycles. The van der Waals surface area contributed by atoms with E-state index in [4.69, 9.17) is 4.74 Å². The minimum Gasteiger partial charge on any atom is -0.464 e. The average Bonchev–Trinajstić information content (AvgIpc) is 2.39. The van der Waals surface area contributed by atoms with Crippen LogP contribution >= 0.6 is 0 Å². The van der Waals surface area contributed by atoms with E-state index in [0.29, 0.717) is 0 Å². The van der Waals surface area contributed by atoms with Gasteiger partial charge in [0.25, 0.3) is 0 Å². The lowest BCUT2D eigenvalue weighted by atomic mass is 10.1. The quantitative estimate of drug-likeness (QED) is 0.672. The van der Waals surface area contributed by atoms with Gasteiger partial charge in [-0.15, -0.1) is 0 Å². The van der Waals surface area contributed by atoms with Crippen molar-refractivity contribution in [2.45, 2.75) is 33.2 Å². The minimum absolute atomic E-state index is 0.228. The molecule has 0 heterocycles. The molecular weight excluding hydrogens is 254 g/mol. The van der Waals surface area contributed by atoms with Gasteiger partial charge in [0.15, 0.2) is 0 Å². The van der Waals surface area contributed by atoms with Crippen LogP contribution in [0.2, 0.25) is 0 Å². The molecule has 0 saturated heterocycles. The molecule has 0 fully saturated rings. The summed E-state index contributed by atoms with van der Waals surface area (Å²) in [5.41, 5.74) is 2.04. The van der Waals surface area contributed by atoms with Gasteiger partial charge in [-0.3, -0.25) is 4.79 Å². The van der Waals surface area contributed by atoms with Gasteiger partial charge in [0.2, 0.25) is 5.91 Å². The summed E-state index contributed by atoms with van der Waals surface area (Å²) in [5, 5.41) is 2.54. The third-order valence-electron chi connectivity index (χ3n) is 2.54. The summed E-state index contributed by atoms with van der Waals surface area (Å²) in [4.78, 5) is 22.7. The van der Waals surface area contributed by atoms with Gasteiger partial charge in [-0.1, -0.05) is 29.5 Å². The minimum atomic E-state index is -0.717. The van der Waals surface area contributed by atoms with Crippen LogP contribution in [0.3, 0.4) is 0 Å². The molecule has 1 atom stereocenters. The largest absolute Gasteiger partial charge is 0.464 e. The SMILES string of the molecule is CCOC(=O)[C@H](CC#Cc1ccc(C)cc1)NC(C)=O. The van der Waals surface area contributed by atoms with Crippen molar-refractivity contribution in [1.29, 1.82) is 0 Å². The standard InChI is InChI=1S/C16H19NO3/c1-4-20-16(19)15(17-13(3)18)7-5-6-14-10-8-12(2)9-11-14/h8-11,15H,4,7H2,1-3H3,(H,17,18)/t15-/m0/s1. The maximum Gasteiger partial charge on any atom is 0.329 e. The Labute approximate surface area is 119 Å². The number of rotatable bonds is 4. The third kappa shape index (κ3) is 5.57. The smallest absolute Gasteiger partial charge is 0.329 e. The molecule has 1 N–H and O–H groups in total. The van der Waals surface area contributed by atoms with E-state index in [-0.39, 0.29) is 18.9 Å². The summed E-state index contributed by atoms with van der Waals surface area (Å²) < 4.78 is 4.90. The number of ether oxygens (including phenoxy) is 1. The van der Waals surface area contributed by atoms with Crippen LogP contribution in [0, 0.1) is 18.8 Å². The van der Waals surface area contributed by atoms with E-state index in [1.165, 1.54) is 6.92 Å². The first-order valence-corrected chi connectivity index (χ1v) is 6.52. The lowest BCUT2D eigenvalue weighted by molar-refractivity contribution is -0.147.